The average molecular weight is 2070 g/mol. The summed E-state index contributed by atoms with van der Waals surface area (Å²) < 4.78 is 321. The molecule has 18 aromatic heterocycles. The number of benzene rings is 9. The molecular formula is C101H69F18N9O18Si. The Hall–Kier alpha value is -17.0. The lowest BCUT2D eigenvalue weighted by Crippen LogP contribution is -2.36. The highest BCUT2D eigenvalue weighted by molar-refractivity contribution is 6.88. The molecule has 0 aliphatic rings. The van der Waals surface area contributed by atoms with Crippen LogP contribution in [0.2, 0.25) is 19.6 Å². The summed E-state index contributed by atoms with van der Waals surface area (Å²) in [5.74, 6) is -0.292. The summed E-state index contributed by atoms with van der Waals surface area (Å²) in [4.78, 5) is 36.0. The number of fused-ring (bicyclic) bond motifs is 27. The van der Waals surface area contributed by atoms with Gasteiger partial charge in [-0.3, -0.25) is 0 Å². The lowest BCUT2D eigenvalue weighted by molar-refractivity contribution is -0.156. The first-order chi connectivity index (χ1) is 69.2. The van der Waals surface area contributed by atoms with Crippen molar-refractivity contribution in [3.05, 3.63) is 263 Å². The third kappa shape index (κ3) is 19.5. The molecule has 0 saturated carbocycles. The third-order valence-corrected chi connectivity index (χ3v) is 24.3. The standard InChI is InChI=1S/C13H15NO2Si.C12H2F9NO2.C12H11NO2.2C11H6F3NO2.2C11H9NO2.C10H4F3NO2.C10H7NO2/c1-8-14-13-9-7-12(17(2,3)4)16-10(9)5-6-11(13)15-8;13-10(14,15)4-2-5-7(22-9(23-5)12(19,20)21)3-1-6(11(16,17)18)24-8(3)4;1-6-4-10-11(13-8(3)15-10)9-5-7(2)14-12(6)9;1-5-15-10-6-4-9(11(12,13)14)17-7(6)2-3-8(10)16-5;1-5-4-7-8(6-2-3-16-9(5)6)15-10(17-7)11(12,13)14;1-6-5-8-9(13-6)3-4-10-11(8)12-7(2)14-10;1-6-5-9-10(12-7(2)14-9)8-3-4-13-11(6)8;11-10(12,13)6-3-7-8(14-4-16-7)5-1-2-15-9(5)6;1-6-11-10-7-4-5-12-8(7)2-3-9(10)13-6/h5-7H,1-4H3;1-2H;4-5H,1-3H3;2*2-4H,1H3;2*3-5H,1-2H3;1-4H;2-5H,1H3. The Bertz CT molecular complexity index is 9480. The number of aromatic nitrogens is 9. The molecule has 0 aliphatic carbocycles. The van der Waals surface area contributed by atoms with Crippen molar-refractivity contribution in [1.82, 2.24) is 44.9 Å². The second kappa shape index (κ2) is 36.4. The first kappa shape index (κ1) is 98.8. The Labute approximate surface area is 807 Å². The molecule has 0 unspecified atom stereocenters. The van der Waals surface area contributed by atoms with Crippen LogP contribution in [0.25, 0.3) is 199 Å². The van der Waals surface area contributed by atoms with Crippen molar-refractivity contribution in [3.8, 4) is 0 Å². The summed E-state index contributed by atoms with van der Waals surface area (Å²) in [6.45, 7) is 27.3. The summed E-state index contributed by atoms with van der Waals surface area (Å²) in [6.07, 6.45) is -21.9. The van der Waals surface area contributed by atoms with Crippen molar-refractivity contribution < 1.29 is 159 Å². The summed E-state index contributed by atoms with van der Waals surface area (Å²) in [7, 11) is -1.42. The van der Waals surface area contributed by atoms with Gasteiger partial charge in [0.05, 0.1) is 68.1 Å². The van der Waals surface area contributed by atoms with Gasteiger partial charge in [0.15, 0.2) is 92.0 Å². The molecule has 0 saturated heterocycles. The highest BCUT2D eigenvalue weighted by Crippen LogP contribution is 2.47. The van der Waals surface area contributed by atoms with Gasteiger partial charge in [-0.2, -0.15) is 79.0 Å². The van der Waals surface area contributed by atoms with Crippen molar-refractivity contribution in [3.63, 3.8) is 0 Å². The average Bonchev–Trinajstić information content (AvgIpc) is 1.58. The zero-order valence-corrected chi connectivity index (χ0v) is 79.3. The maximum Gasteiger partial charge on any atom is 0.468 e. The third-order valence-electron chi connectivity index (χ3n) is 22.5. The molecule has 147 heavy (non-hydrogen) atoms. The number of aryl methyl sites for hydroxylation is 11. The van der Waals surface area contributed by atoms with Gasteiger partial charge in [-0.1, -0.05) is 19.6 Å². The molecule has 18 heterocycles. The first-order valence-electron chi connectivity index (χ1n) is 43.6. The molecular weight excluding hydrogens is 2000 g/mol. The number of nitrogens with zero attached hydrogens (tertiary/aromatic N) is 9. The van der Waals surface area contributed by atoms with Gasteiger partial charge >= 0.3 is 48.8 Å². The van der Waals surface area contributed by atoms with Gasteiger partial charge < -0.3 is 79.5 Å². The Kier molecular flexibility index (Phi) is 24.5. The number of furan rings is 9. The van der Waals surface area contributed by atoms with E-state index in [0.29, 0.717) is 79.3 Å². The molecule has 9 aromatic carbocycles. The molecule has 0 atom stereocenters. The maximum absolute atomic E-state index is 13.0. The van der Waals surface area contributed by atoms with Gasteiger partial charge in [0.1, 0.15) is 131 Å². The van der Waals surface area contributed by atoms with Crippen LogP contribution >= 0.6 is 0 Å². The topological polar surface area (TPSA) is 353 Å². The van der Waals surface area contributed by atoms with Crippen molar-refractivity contribution in [1.29, 1.82) is 0 Å². The van der Waals surface area contributed by atoms with Gasteiger partial charge in [0, 0.05) is 52.3 Å². The van der Waals surface area contributed by atoms with Crippen LogP contribution in [0.5, 0.6) is 0 Å². The predicted octanol–water partition coefficient (Wildman–Crippen LogP) is 33.2. The van der Waals surface area contributed by atoms with E-state index < -0.39 is 102 Å². The highest BCUT2D eigenvalue weighted by Gasteiger charge is 2.45. The van der Waals surface area contributed by atoms with E-state index in [1.807, 2.05) is 135 Å². The molecule has 0 radical (unpaired) electrons. The summed E-state index contributed by atoms with van der Waals surface area (Å²) in [6, 6.07) is 34.9. The van der Waals surface area contributed by atoms with Crippen LogP contribution in [-0.4, -0.2) is 52.9 Å². The van der Waals surface area contributed by atoms with Gasteiger partial charge in [-0.05, 0) is 185 Å². The largest absolute Gasteiger partial charge is 0.468 e. The fourth-order valence-corrected chi connectivity index (χ4v) is 17.3. The van der Waals surface area contributed by atoms with Crippen LogP contribution in [0.4, 0.5) is 79.0 Å². The van der Waals surface area contributed by atoms with Crippen LogP contribution < -0.4 is 5.38 Å². The fraction of sp³-hybridized carbons (Fsp3) is 0.198. The number of hydrogen-bond donors (Lipinski definition) is 0. The van der Waals surface area contributed by atoms with Gasteiger partial charge in [0.25, 0.3) is 0 Å². The normalized spacial score (nSPS) is 12.5. The molecule has 27 nitrogen and oxygen atoms in total. The molecule has 27 aromatic rings. The van der Waals surface area contributed by atoms with Crippen LogP contribution in [0.15, 0.2) is 244 Å². The van der Waals surface area contributed by atoms with Crippen molar-refractivity contribution in [2.45, 2.75) is 133 Å². The van der Waals surface area contributed by atoms with Gasteiger partial charge in [0.2, 0.25) is 11.5 Å². The van der Waals surface area contributed by atoms with Gasteiger partial charge in [-0.25, -0.2) is 44.9 Å². The van der Waals surface area contributed by atoms with E-state index in [0.717, 1.165) is 157 Å². The smallest absolute Gasteiger partial charge is 0.466 e. The van der Waals surface area contributed by atoms with E-state index in [1.165, 1.54) is 30.7 Å². The number of hydrogen-bond acceptors (Lipinski definition) is 27. The molecule has 0 N–H and O–H groups in total. The Morgan fingerprint density at radius 2 is 0.544 bits per heavy atom. The second-order valence-electron chi connectivity index (χ2n) is 34.4. The number of alkyl halides is 18. The number of rotatable bonds is 1. The van der Waals surface area contributed by atoms with E-state index in [4.69, 9.17) is 70.7 Å². The monoisotopic (exact) mass is 2070 g/mol. The zero-order valence-electron chi connectivity index (χ0n) is 78.3. The van der Waals surface area contributed by atoms with Gasteiger partial charge in [-0.15, -0.1) is 0 Å². The number of halogens is 18. The minimum Gasteiger partial charge on any atom is -0.466 e. The molecule has 0 aliphatic heterocycles. The fourth-order valence-electron chi connectivity index (χ4n) is 16.3. The van der Waals surface area contributed by atoms with Crippen molar-refractivity contribution in [2.75, 3.05) is 0 Å². The van der Waals surface area contributed by atoms with Crippen LogP contribution in [0, 0.1) is 76.2 Å². The summed E-state index contributed by atoms with van der Waals surface area (Å²) in [5.41, 5.74) is 12.3. The lowest BCUT2D eigenvalue weighted by Gasteiger charge is -2.10. The van der Waals surface area contributed by atoms with E-state index in [9.17, 15) is 79.0 Å². The first-order valence-corrected chi connectivity index (χ1v) is 47.1. The summed E-state index contributed by atoms with van der Waals surface area (Å²) in [5, 5.41) is 6.54. The van der Waals surface area contributed by atoms with E-state index >= 15 is 0 Å². The Balaban J connectivity index is 0.000000105. The van der Waals surface area contributed by atoms with E-state index in [1.54, 1.807) is 38.5 Å². The van der Waals surface area contributed by atoms with Crippen LogP contribution in [-0.2, 0) is 37.1 Å². The summed E-state index contributed by atoms with van der Waals surface area (Å²) >= 11 is 0. The lowest BCUT2D eigenvalue weighted by atomic mass is 10.1. The van der Waals surface area contributed by atoms with Crippen LogP contribution in [0.1, 0.15) is 98.0 Å². The van der Waals surface area contributed by atoms with E-state index in [2.05, 4.69) is 79.4 Å². The Morgan fingerprint density at radius 1 is 0.218 bits per heavy atom. The molecule has 756 valence electrons. The molecule has 0 spiro atoms. The molecule has 0 bridgehead atoms. The van der Waals surface area contributed by atoms with Crippen molar-refractivity contribution >= 4 is 212 Å². The minimum atomic E-state index is -5.18. The zero-order chi connectivity index (χ0) is 105. The number of oxazole rings is 9. The van der Waals surface area contributed by atoms with E-state index in [-0.39, 0.29) is 40.0 Å². The molecule has 27 rings (SSSR count). The molecule has 0 fully saturated rings. The maximum atomic E-state index is 13.0. The molecule has 0 amide bonds. The molecule has 46 heteroatoms. The minimum absolute atomic E-state index is 0.0984. The van der Waals surface area contributed by atoms with Crippen molar-refractivity contribution in [2.24, 2.45) is 0 Å². The SMILES string of the molecule is Cc1cc2c(ccc3oc(C)nc32)o1.Cc1cc2c(o1)c(C)cc1oc(C)nc12.Cc1cc2oc(C(F)(F)F)nc2c2ccoc12.Cc1nc2c(cc(C)c3occc32)o1.Cc1nc2c(ccc3oc(C(F)(F)F)cc32)o1.Cc1nc2c(ccc3oc([Si](C)(C)C)cc32)o1.Cc1nc2c(ccc3occc32)o1.FC(F)(F)c1cc2c(o1)c(C(F)(F)F)cc1oc(C(F)(F)F)nc12.FC(F)(F)c1cc2ocnc2c2ccoc12. The van der Waals surface area contributed by atoms with Crippen LogP contribution in [0.3, 0.4) is 0 Å². The second-order valence-corrected chi connectivity index (χ2v) is 39.4. The quantitative estimate of drug-likeness (QED) is 0.109. The predicted molar refractivity (Wildman–Crippen MR) is 499 cm³/mol. The highest BCUT2D eigenvalue weighted by atomic mass is 28.3. The Morgan fingerprint density at radius 3 is 1.02 bits per heavy atom.